The lowest BCUT2D eigenvalue weighted by atomic mass is 10.0. The number of hydrogen-bond donors (Lipinski definition) is 2. The molecule has 1 unspecified atom stereocenters. The van der Waals surface area contributed by atoms with Crippen molar-refractivity contribution < 1.29 is 18.8 Å². The third kappa shape index (κ3) is 7.57. The minimum Gasteiger partial charge on any atom is -0.494 e. The molecule has 1 amide bonds. The molecule has 2 N–H and O–H groups in total. The average Bonchev–Trinajstić information content (AvgIpc) is 3.61. The zero-order valence-corrected chi connectivity index (χ0v) is 28.0. The SMILES string of the molecule is C=CCN1CCN(C2CCN(c3cc(OC)c(Nc4cc(N5OCCC5c5ccc(F)c(Cl)c5)ncn4)cc3NC(=O)C=C)CC2)CC1. The summed E-state index contributed by atoms with van der Waals surface area (Å²) in [5.41, 5.74) is 2.96. The van der Waals surface area contributed by atoms with Crippen LogP contribution in [0, 0.1) is 5.82 Å². The second-order valence-corrected chi connectivity index (χ2v) is 12.5. The molecular formula is C35H42ClFN8O3. The van der Waals surface area contributed by atoms with Crippen molar-refractivity contribution in [1.29, 1.82) is 0 Å². The van der Waals surface area contributed by atoms with Crippen molar-refractivity contribution >= 4 is 46.2 Å². The summed E-state index contributed by atoms with van der Waals surface area (Å²) in [7, 11) is 1.62. The van der Waals surface area contributed by atoms with Crippen LogP contribution in [0.1, 0.15) is 30.9 Å². The van der Waals surface area contributed by atoms with Gasteiger partial charge in [-0.2, -0.15) is 0 Å². The van der Waals surface area contributed by atoms with Crippen molar-refractivity contribution in [2.45, 2.75) is 31.3 Å². The maximum atomic E-state index is 13.8. The second kappa shape index (κ2) is 15.3. The van der Waals surface area contributed by atoms with Gasteiger partial charge in [0.05, 0.1) is 41.8 Å². The van der Waals surface area contributed by atoms with E-state index in [4.69, 9.17) is 21.2 Å². The lowest BCUT2D eigenvalue weighted by Gasteiger charge is -2.43. The first-order valence-corrected chi connectivity index (χ1v) is 16.7. The lowest BCUT2D eigenvalue weighted by molar-refractivity contribution is -0.111. The van der Waals surface area contributed by atoms with Gasteiger partial charge in [0.25, 0.3) is 0 Å². The smallest absolute Gasteiger partial charge is 0.247 e. The maximum Gasteiger partial charge on any atom is 0.247 e. The maximum absolute atomic E-state index is 13.8. The first kappa shape index (κ1) is 33.7. The number of carbonyl (C=O) groups is 1. The van der Waals surface area contributed by atoms with Gasteiger partial charge in [0, 0.05) is 70.4 Å². The van der Waals surface area contributed by atoms with E-state index in [-0.39, 0.29) is 17.0 Å². The molecule has 1 aromatic heterocycles. The Bertz CT molecular complexity index is 1630. The molecule has 0 aliphatic carbocycles. The molecule has 3 saturated heterocycles. The summed E-state index contributed by atoms with van der Waals surface area (Å²) in [5.74, 6) is 0.838. The third-order valence-electron chi connectivity index (χ3n) is 9.25. The Balaban J connectivity index is 1.20. The molecule has 2 aromatic carbocycles. The molecule has 0 radical (unpaired) electrons. The van der Waals surface area contributed by atoms with Crippen molar-refractivity contribution in [3.63, 3.8) is 0 Å². The van der Waals surface area contributed by atoms with Crippen LogP contribution in [0.4, 0.5) is 33.1 Å². The summed E-state index contributed by atoms with van der Waals surface area (Å²) in [6.07, 6.45) is 7.43. The van der Waals surface area contributed by atoms with Crippen LogP contribution < -0.4 is 25.3 Å². The molecular weight excluding hydrogens is 635 g/mol. The number of carbonyl (C=O) groups excluding carboxylic acids is 1. The second-order valence-electron chi connectivity index (χ2n) is 12.1. The quantitative estimate of drug-likeness (QED) is 0.192. The number of hydrogen-bond acceptors (Lipinski definition) is 10. The van der Waals surface area contributed by atoms with Gasteiger partial charge in [-0.05, 0) is 42.7 Å². The fraction of sp³-hybridized carbons (Fsp3) is 0.400. The number of piperazine rings is 1. The molecule has 3 aromatic rings. The minimum atomic E-state index is -0.471. The molecule has 3 fully saturated rings. The Labute approximate surface area is 285 Å². The highest BCUT2D eigenvalue weighted by molar-refractivity contribution is 6.30. The summed E-state index contributed by atoms with van der Waals surface area (Å²) >= 11 is 6.07. The molecule has 6 rings (SSSR count). The number of aromatic nitrogens is 2. The Morgan fingerprint density at radius 3 is 2.56 bits per heavy atom. The minimum absolute atomic E-state index is 0.0571. The molecule has 0 saturated carbocycles. The van der Waals surface area contributed by atoms with E-state index < -0.39 is 5.82 Å². The molecule has 11 nitrogen and oxygen atoms in total. The van der Waals surface area contributed by atoms with E-state index in [1.807, 2.05) is 18.2 Å². The Morgan fingerprint density at radius 1 is 1.06 bits per heavy atom. The zero-order chi connectivity index (χ0) is 33.6. The van der Waals surface area contributed by atoms with Crippen LogP contribution in [0.25, 0.3) is 0 Å². The first-order valence-electron chi connectivity index (χ1n) is 16.3. The molecule has 4 heterocycles. The largest absolute Gasteiger partial charge is 0.494 e. The average molecular weight is 677 g/mol. The zero-order valence-electron chi connectivity index (χ0n) is 27.2. The number of halogens is 2. The van der Waals surface area contributed by atoms with Crippen LogP contribution in [-0.4, -0.2) is 91.2 Å². The molecule has 0 bridgehead atoms. The highest BCUT2D eigenvalue weighted by atomic mass is 35.5. The summed E-state index contributed by atoms with van der Waals surface area (Å²) in [5, 5.41) is 8.09. The monoisotopic (exact) mass is 676 g/mol. The molecule has 48 heavy (non-hydrogen) atoms. The molecule has 1 atom stereocenters. The first-order chi connectivity index (χ1) is 23.4. The number of rotatable bonds is 11. The van der Waals surface area contributed by atoms with Gasteiger partial charge in [-0.1, -0.05) is 30.3 Å². The van der Waals surface area contributed by atoms with E-state index in [0.29, 0.717) is 47.8 Å². The predicted molar refractivity (Wildman–Crippen MR) is 188 cm³/mol. The van der Waals surface area contributed by atoms with E-state index in [9.17, 15) is 9.18 Å². The topological polar surface area (TPSA) is 98.3 Å². The number of anilines is 5. The predicted octanol–water partition coefficient (Wildman–Crippen LogP) is 5.80. The van der Waals surface area contributed by atoms with Crippen LogP contribution in [-0.2, 0) is 9.63 Å². The van der Waals surface area contributed by atoms with Gasteiger partial charge in [0.2, 0.25) is 5.91 Å². The fourth-order valence-corrected chi connectivity index (χ4v) is 6.93. The van der Waals surface area contributed by atoms with Crippen LogP contribution in [0.15, 0.2) is 68.0 Å². The van der Waals surface area contributed by atoms with Gasteiger partial charge in [-0.3, -0.25) is 19.4 Å². The van der Waals surface area contributed by atoms with Crippen molar-refractivity contribution in [2.75, 3.05) is 80.1 Å². The van der Waals surface area contributed by atoms with Crippen LogP contribution >= 0.6 is 11.6 Å². The van der Waals surface area contributed by atoms with Crippen LogP contribution in [0.5, 0.6) is 5.75 Å². The van der Waals surface area contributed by atoms with Gasteiger partial charge in [-0.15, -0.1) is 6.58 Å². The number of nitrogens with zero attached hydrogens (tertiary/aromatic N) is 6. The molecule has 254 valence electrons. The van der Waals surface area contributed by atoms with E-state index in [0.717, 1.165) is 69.9 Å². The molecule has 13 heteroatoms. The summed E-state index contributed by atoms with van der Waals surface area (Å²) in [4.78, 5) is 34.7. The molecule has 0 spiro atoms. The van der Waals surface area contributed by atoms with Gasteiger partial charge in [0.15, 0.2) is 5.82 Å². The number of piperidine rings is 1. The van der Waals surface area contributed by atoms with Crippen LogP contribution in [0.3, 0.4) is 0 Å². The number of hydroxylamine groups is 1. The lowest BCUT2D eigenvalue weighted by Crippen LogP contribution is -2.53. The number of ether oxygens (including phenoxy) is 1. The van der Waals surface area contributed by atoms with E-state index in [1.165, 1.54) is 18.5 Å². The highest BCUT2D eigenvalue weighted by Crippen LogP contribution is 2.41. The van der Waals surface area contributed by atoms with Gasteiger partial charge in [0.1, 0.15) is 23.7 Å². The van der Waals surface area contributed by atoms with Gasteiger partial charge >= 0.3 is 0 Å². The van der Waals surface area contributed by atoms with Crippen molar-refractivity contribution in [1.82, 2.24) is 19.8 Å². The molecule has 3 aliphatic heterocycles. The normalized spacial score (nSPS) is 19.3. The van der Waals surface area contributed by atoms with Crippen LogP contribution in [0.2, 0.25) is 5.02 Å². The van der Waals surface area contributed by atoms with E-state index in [1.54, 1.807) is 30.4 Å². The van der Waals surface area contributed by atoms with E-state index in [2.05, 4.69) is 48.5 Å². The Hall–Kier alpha value is -4.23. The van der Waals surface area contributed by atoms with Gasteiger partial charge in [-0.25, -0.2) is 19.4 Å². The summed E-state index contributed by atoms with van der Waals surface area (Å²) in [6, 6.07) is 10.6. The number of methoxy groups -OCH3 is 1. The standard InChI is InChI=1S/C35H42ClFN8O3/c1-4-11-42-14-16-43(17-15-42)25-8-12-44(13-9-25)31-21-32(47-3)29(20-28(31)41-35(46)5-2)40-33-22-34(39-23-38-33)45-30(10-18-48-45)24-6-7-27(37)26(36)19-24/h4-7,19-23,25,30H,1-2,8-18H2,3H3,(H,41,46)(H,38,39,40). The number of amides is 1. The number of benzene rings is 2. The van der Waals surface area contributed by atoms with E-state index >= 15 is 0 Å². The highest BCUT2D eigenvalue weighted by Gasteiger charge is 2.31. The van der Waals surface area contributed by atoms with Crippen molar-refractivity contribution in [2.24, 2.45) is 0 Å². The fourth-order valence-electron chi connectivity index (χ4n) is 6.74. The Morgan fingerprint density at radius 2 is 1.85 bits per heavy atom. The summed E-state index contributed by atoms with van der Waals surface area (Å²) in [6.45, 7) is 14.9. The third-order valence-corrected chi connectivity index (χ3v) is 9.54. The van der Waals surface area contributed by atoms with Gasteiger partial charge < -0.3 is 20.3 Å². The molecule has 3 aliphatic rings. The Kier molecular flexibility index (Phi) is 10.8. The van der Waals surface area contributed by atoms with Crippen molar-refractivity contribution in [3.8, 4) is 5.75 Å². The summed E-state index contributed by atoms with van der Waals surface area (Å²) < 4.78 is 19.7. The number of nitrogens with one attached hydrogen (secondary N) is 2. The van der Waals surface area contributed by atoms with Crippen molar-refractivity contribution in [3.05, 3.63) is 84.4 Å².